The van der Waals surface area contributed by atoms with Gasteiger partial charge in [0, 0.05) is 6.54 Å². The van der Waals surface area contributed by atoms with E-state index in [0.29, 0.717) is 18.2 Å². The van der Waals surface area contributed by atoms with E-state index in [9.17, 15) is 4.79 Å². The van der Waals surface area contributed by atoms with Gasteiger partial charge in [-0.15, -0.1) is 0 Å². The van der Waals surface area contributed by atoms with Gasteiger partial charge in [0.1, 0.15) is 5.69 Å². The summed E-state index contributed by atoms with van der Waals surface area (Å²) >= 11 is 0. The van der Waals surface area contributed by atoms with Crippen LogP contribution in [0.5, 0.6) is 0 Å². The van der Waals surface area contributed by atoms with E-state index in [4.69, 9.17) is 0 Å². The lowest BCUT2D eigenvalue weighted by molar-refractivity contribution is 0.0943. The summed E-state index contributed by atoms with van der Waals surface area (Å²) in [5.74, 6) is 0.377. The van der Waals surface area contributed by atoms with Crippen molar-refractivity contribution in [3.8, 4) is 0 Å². The van der Waals surface area contributed by atoms with Crippen LogP contribution in [0, 0.1) is 5.92 Å². The molecule has 1 unspecified atom stereocenters. The lowest BCUT2D eigenvalue weighted by Crippen LogP contribution is -2.30. The van der Waals surface area contributed by atoms with Crippen molar-refractivity contribution < 1.29 is 4.79 Å². The van der Waals surface area contributed by atoms with Gasteiger partial charge in [-0.1, -0.05) is 12.1 Å². The van der Waals surface area contributed by atoms with Gasteiger partial charge in [-0.3, -0.25) is 9.78 Å². The highest BCUT2D eigenvalue weighted by Crippen LogP contribution is 2.09. The molecule has 1 atom stereocenters. The quantitative estimate of drug-likeness (QED) is 0.858. The summed E-state index contributed by atoms with van der Waals surface area (Å²) < 4.78 is 0. The van der Waals surface area contributed by atoms with E-state index < -0.39 is 0 Å². The van der Waals surface area contributed by atoms with Crippen molar-refractivity contribution in [3.05, 3.63) is 36.2 Å². The molecule has 1 aliphatic heterocycles. The van der Waals surface area contributed by atoms with Crippen molar-refractivity contribution in [2.24, 2.45) is 5.92 Å². The van der Waals surface area contributed by atoms with Crippen LogP contribution in [-0.4, -0.2) is 35.5 Å². The SMILES string of the molecule is O=C(NCC1CCNC1)c1cnc2ccccc2n1. The molecular formula is C14H16N4O. The summed E-state index contributed by atoms with van der Waals surface area (Å²) in [7, 11) is 0. The molecule has 0 radical (unpaired) electrons. The Hall–Kier alpha value is -2.01. The first-order chi connectivity index (χ1) is 9.33. The Morgan fingerprint density at radius 3 is 3.00 bits per heavy atom. The molecule has 5 heteroatoms. The molecule has 1 amide bonds. The minimum atomic E-state index is -0.148. The molecule has 2 N–H and O–H groups in total. The number of nitrogens with one attached hydrogen (secondary N) is 2. The number of amides is 1. The van der Waals surface area contributed by atoms with E-state index >= 15 is 0 Å². The van der Waals surface area contributed by atoms with E-state index in [0.717, 1.165) is 30.5 Å². The molecule has 19 heavy (non-hydrogen) atoms. The Labute approximate surface area is 111 Å². The molecular weight excluding hydrogens is 240 g/mol. The predicted octanol–water partition coefficient (Wildman–Crippen LogP) is 0.969. The van der Waals surface area contributed by atoms with E-state index in [-0.39, 0.29) is 5.91 Å². The number of para-hydroxylation sites is 2. The number of benzene rings is 1. The third kappa shape index (κ3) is 2.71. The van der Waals surface area contributed by atoms with Crippen molar-refractivity contribution in [2.45, 2.75) is 6.42 Å². The van der Waals surface area contributed by atoms with Gasteiger partial charge in [-0.25, -0.2) is 4.98 Å². The molecule has 1 aliphatic rings. The highest BCUT2D eigenvalue weighted by atomic mass is 16.1. The van der Waals surface area contributed by atoms with Gasteiger partial charge in [0.2, 0.25) is 0 Å². The topological polar surface area (TPSA) is 66.9 Å². The van der Waals surface area contributed by atoms with Gasteiger partial charge >= 0.3 is 0 Å². The van der Waals surface area contributed by atoms with Crippen LogP contribution in [0.1, 0.15) is 16.9 Å². The monoisotopic (exact) mass is 256 g/mol. The molecule has 1 aromatic carbocycles. The number of rotatable bonds is 3. The van der Waals surface area contributed by atoms with Crippen molar-refractivity contribution in [1.29, 1.82) is 0 Å². The summed E-state index contributed by atoms with van der Waals surface area (Å²) in [6.45, 7) is 2.71. The maximum absolute atomic E-state index is 12.0. The number of carbonyl (C=O) groups excluding carboxylic acids is 1. The van der Waals surface area contributed by atoms with E-state index in [2.05, 4.69) is 20.6 Å². The van der Waals surface area contributed by atoms with Crippen LogP contribution in [0.2, 0.25) is 0 Å². The number of nitrogens with zero attached hydrogens (tertiary/aromatic N) is 2. The molecule has 0 aliphatic carbocycles. The lowest BCUT2D eigenvalue weighted by atomic mass is 10.1. The van der Waals surface area contributed by atoms with Crippen LogP contribution in [0.15, 0.2) is 30.5 Å². The Balaban J connectivity index is 1.70. The second-order valence-electron chi connectivity index (χ2n) is 4.81. The van der Waals surface area contributed by atoms with Crippen LogP contribution >= 0.6 is 0 Å². The standard InChI is InChI=1S/C14H16N4O/c19-14(17-8-10-5-6-15-7-10)13-9-16-11-3-1-2-4-12(11)18-13/h1-4,9-10,15H,5-8H2,(H,17,19). The summed E-state index contributed by atoms with van der Waals surface area (Å²) in [6.07, 6.45) is 2.65. The Bertz CT molecular complexity index is 593. The minimum absolute atomic E-state index is 0.148. The molecule has 1 aromatic heterocycles. The fourth-order valence-corrected chi connectivity index (χ4v) is 2.28. The van der Waals surface area contributed by atoms with Gasteiger partial charge in [0.05, 0.1) is 17.2 Å². The maximum atomic E-state index is 12.0. The fourth-order valence-electron chi connectivity index (χ4n) is 2.28. The molecule has 5 nitrogen and oxygen atoms in total. The first-order valence-electron chi connectivity index (χ1n) is 6.53. The minimum Gasteiger partial charge on any atom is -0.350 e. The summed E-state index contributed by atoms with van der Waals surface area (Å²) in [5, 5.41) is 6.20. The second kappa shape index (κ2) is 5.32. The van der Waals surface area contributed by atoms with Gasteiger partial charge in [-0.05, 0) is 37.6 Å². The summed E-state index contributed by atoms with van der Waals surface area (Å²) in [6, 6.07) is 7.54. The molecule has 3 rings (SSSR count). The summed E-state index contributed by atoms with van der Waals surface area (Å²) in [5.41, 5.74) is 1.93. The molecule has 2 heterocycles. The van der Waals surface area contributed by atoms with Crippen molar-refractivity contribution in [1.82, 2.24) is 20.6 Å². The molecule has 1 fully saturated rings. The Kier molecular flexibility index (Phi) is 3.37. The molecule has 2 aromatic rings. The van der Waals surface area contributed by atoms with Crippen LogP contribution in [0.25, 0.3) is 11.0 Å². The summed E-state index contributed by atoms with van der Waals surface area (Å²) in [4.78, 5) is 20.6. The van der Waals surface area contributed by atoms with Crippen molar-refractivity contribution >= 4 is 16.9 Å². The van der Waals surface area contributed by atoms with Gasteiger partial charge in [-0.2, -0.15) is 0 Å². The van der Waals surface area contributed by atoms with Gasteiger partial charge < -0.3 is 10.6 Å². The molecule has 0 bridgehead atoms. The van der Waals surface area contributed by atoms with Crippen LogP contribution in [0.4, 0.5) is 0 Å². The largest absolute Gasteiger partial charge is 0.350 e. The third-order valence-electron chi connectivity index (χ3n) is 3.39. The average Bonchev–Trinajstić information content (AvgIpc) is 2.97. The van der Waals surface area contributed by atoms with Gasteiger partial charge in [0.15, 0.2) is 0 Å². The first-order valence-corrected chi connectivity index (χ1v) is 6.53. The van der Waals surface area contributed by atoms with Crippen LogP contribution in [0.3, 0.4) is 0 Å². The highest BCUT2D eigenvalue weighted by Gasteiger charge is 2.16. The zero-order valence-corrected chi connectivity index (χ0v) is 10.6. The Morgan fingerprint density at radius 1 is 1.37 bits per heavy atom. The Morgan fingerprint density at radius 2 is 2.21 bits per heavy atom. The van der Waals surface area contributed by atoms with Crippen molar-refractivity contribution in [2.75, 3.05) is 19.6 Å². The normalized spacial score (nSPS) is 18.6. The van der Waals surface area contributed by atoms with Crippen LogP contribution in [-0.2, 0) is 0 Å². The lowest BCUT2D eigenvalue weighted by Gasteiger charge is -2.09. The smallest absolute Gasteiger partial charge is 0.271 e. The third-order valence-corrected chi connectivity index (χ3v) is 3.39. The zero-order valence-electron chi connectivity index (χ0n) is 10.6. The number of carbonyl (C=O) groups is 1. The molecule has 98 valence electrons. The average molecular weight is 256 g/mol. The predicted molar refractivity (Wildman–Crippen MR) is 72.8 cm³/mol. The number of aromatic nitrogens is 2. The zero-order chi connectivity index (χ0) is 13.1. The van der Waals surface area contributed by atoms with E-state index in [1.54, 1.807) is 0 Å². The first kappa shape index (κ1) is 12.0. The van der Waals surface area contributed by atoms with E-state index in [1.807, 2.05) is 24.3 Å². The van der Waals surface area contributed by atoms with Gasteiger partial charge in [0.25, 0.3) is 5.91 Å². The maximum Gasteiger partial charge on any atom is 0.271 e. The van der Waals surface area contributed by atoms with Crippen LogP contribution < -0.4 is 10.6 Å². The molecule has 0 saturated carbocycles. The number of hydrogen-bond acceptors (Lipinski definition) is 4. The molecule has 1 saturated heterocycles. The second-order valence-corrected chi connectivity index (χ2v) is 4.81. The number of fused-ring (bicyclic) bond motifs is 1. The highest BCUT2D eigenvalue weighted by molar-refractivity contribution is 5.93. The molecule has 0 spiro atoms. The fraction of sp³-hybridized carbons (Fsp3) is 0.357. The van der Waals surface area contributed by atoms with E-state index in [1.165, 1.54) is 6.20 Å². The number of hydrogen-bond donors (Lipinski definition) is 2. The van der Waals surface area contributed by atoms with Crippen molar-refractivity contribution in [3.63, 3.8) is 0 Å².